The normalized spacial score (nSPS) is 24.5. The first-order valence-corrected chi connectivity index (χ1v) is 7.21. The number of carbonyl (C=O) groups is 2. The van der Waals surface area contributed by atoms with Crippen molar-refractivity contribution in [2.24, 2.45) is 5.92 Å². The van der Waals surface area contributed by atoms with E-state index in [-0.39, 0.29) is 18.0 Å². The van der Waals surface area contributed by atoms with Gasteiger partial charge >= 0.3 is 12.0 Å². The van der Waals surface area contributed by atoms with Gasteiger partial charge in [0, 0.05) is 24.9 Å². The maximum absolute atomic E-state index is 11.8. The molecule has 2 unspecified atom stereocenters. The molecule has 98 valence electrons. The van der Waals surface area contributed by atoms with Crippen LogP contribution in [0.5, 0.6) is 0 Å². The lowest BCUT2D eigenvalue weighted by Gasteiger charge is -2.36. The average Bonchev–Trinajstić information content (AvgIpc) is 2.28. The first kappa shape index (κ1) is 14.2. The minimum atomic E-state index is -0.751. The monoisotopic (exact) mass is 260 g/mol. The number of likely N-dealkylation sites (tertiary alicyclic amines) is 1. The second-order valence-electron chi connectivity index (χ2n) is 4.33. The third-order valence-corrected chi connectivity index (χ3v) is 3.68. The summed E-state index contributed by atoms with van der Waals surface area (Å²) in [7, 11) is 0. The quantitative estimate of drug-likeness (QED) is 0.746. The van der Waals surface area contributed by atoms with Gasteiger partial charge in [-0.3, -0.25) is 4.79 Å². The van der Waals surface area contributed by atoms with Crippen molar-refractivity contribution >= 4 is 23.8 Å². The summed E-state index contributed by atoms with van der Waals surface area (Å²) < 4.78 is 0. The summed E-state index contributed by atoms with van der Waals surface area (Å²) in [6.07, 6.45) is 3.09. The molecule has 1 aliphatic heterocycles. The summed E-state index contributed by atoms with van der Waals surface area (Å²) in [4.78, 5) is 24.4. The molecule has 1 heterocycles. The third-order valence-electron chi connectivity index (χ3n) is 3.07. The Bertz CT molecular complexity index is 286. The molecule has 1 saturated heterocycles. The molecule has 6 heteroatoms. The second-order valence-corrected chi connectivity index (χ2v) is 5.31. The van der Waals surface area contributed by atoms with Crippen molar-refractivity contribution in [3.05, 3.63) is 0 Å². The summed E-state index contributed by atoms with van der Waals surface area (Å²) in [5, 5.41) is 11.8. The van der Waals surface area contributed by atoms with Gasteiger partial charge in [-0.1, -0.05) is 0 Å². The smallest absolute Gasteiger partial charge is 0.317 e. The minimum Gasteiger partial charge on any atom is -0.481 e. The van der Waals surface area contributed by atoms with Gasteiger partial charge in [-0.2, -0.15) is 11.8 Å². The van der Waals surface area contributed by atoms with E-state index in [0.29, 0.717) is 25.9 Å². The van der Waals surface area contributed by atoms with Crippen molar-refractivity contribution in [3.8, 4) is 0 Å². The van der Waals surface area contributed by atoms with Crippen LogP contribution in [-0.2, 0) is 4.79 Å². The van der Waals surface area contributed by atoms with Crippen LogP contribution in [0.1, 0.15) is 19.8 Å². The number of urea groups is 1. The molecule has 0 spiro atoms. The molecule has 5 nitrogen and oxygen atoms in total. The number of carboxylic acid groups (broad SMARTS) is 1. The number of hydrogen-bond acceptors (Lipinski definition) is 3. The van der Waals surface area contributed by atoms with Crippen LogP contribution in [-0.4, -0.2) is 53.1 Å². The van der Waals surface area contributed by atoms with E-state index < -0.39 is 5.97 Å². The third kappa shape index (κ3) is 4.11. The van der Waals surface area contributed by atoms with E-state index in [1.807, 2.05) is 13.2 Å². The van der Waals surface area contributed by atoms with Gasteiger partial charge < -0.3 is 15.3 Å². The van der Waals surface area contributed by atoms with Gasteiger partial charge in [-0.15, -0.1) is 0 Å². The molecular weight excluding hydrogens is 240 g/mol. The molecule has 0 aliphatic carbocycles. The fraction of sp³-hybridized carbons (Fsp3) is 0.818. The maximum Gasteiger partial charge on any atom is 0.317 e. The highest BCUT2D eigenvalue weighted by Gasteiger charge is 2.31. The average molecular weight is 260 g/mol. The van der Waals surface area contributed by atoms with E-state index in [9.17, 15) is 9.59 Å². The highest BCUT2D eigenvalue weighted by molar-refractivity contribution is 7.98. The highest BCUT2D eigenvalue weighted by atomic mass is 32.2. The van der Waals surface area contributed by atoms with Crippen LogP contribution >= 0.6 is 11.8 Å². The lowest BCUT2D eigenvalue weighted by atomic mass is 9.92. The Morgan fingerprint density at radius 2 is 2.24 bits per heavy atom. The summed E-state index contributed by atoms with van der Waals surface area (Å²) in [6, 6.07) is -0.0745. The molecule has 1 fully saturated rings. The van der Waals surface area contributed by atoms with Crippen LogP contribution in [0.15, 0.2) is 0 Å². The van der Waals surface area contributed by atoms with Crippen LogP contribution in [0.4, 0.5) is 4.79 Å². The molecule has 2 atom stereocenters. The van der Waals surface area contributed by atoms with E-state index in [1.165, 1.54) is 0 Å². The SMILES string of the molecule is CSCCNC(=O)N1CCC(C(=O)O)CC1C. The molecular formula is C11H20N2O3S. The molecule has 0 aromatic heterocycles. The Balaban J connectivity index is 2.40. The molecule has 1 aliphatic rings. The number of carbonyl (C=O) groups excluding carboxylic acids is 1. The molecule has 2 N–H and O–H groups in total. The first-order chi connectivity index (χ1) is 8.06. The summed E-state index contributed by atoms with van der Waals surface area (Å²) in [5.74, 6) is -0.161. The Kier molecular flexibility index (Phi) is 5.61. The summed E-state index contributed by atoms with van der Waals surface area (Å²) in [5.41, 5.74) is 0. The van der Waals surface area contributed by atoms with Crippen LogP contribution in [0, 0.1) is 5.92 Å². The zero-order chi connectivity index (χ0) is 12.8. The van der Waals surface area contributed by atoms with Crippen molar-refractivity contribution in [2.45, 2.75) is 25.8 Å². The van der Waals surface area contributed by atoms with Crippen molar-refractivity contribution in [1.29, 1.82) is 0 Å². The van der Waals surface area contributed by atoms with Gasteiger partial charge in [0.1, 0.15) is 0 Å². The first-order valence-electron chi connectivity index (χ1n) is 5.82. The zero-order valence-corrected chi connectivity index (χ0v) is 11.1. The molecule has 0 aromatic carbocycles. The number of carboxylic acids is 1. The van der Waals surface area contributed by atoms with Gasteiger partial charge in [-0.05, 0) is 26.0 Å². The van der Waals surface area contributed by atoms with Crippen LogP contribution in [0.3, 0.4) is 0 Å². The number of amides is 2. The van der Waals surface area contributed by atoms with E-state index in [0.717, 1.165) is 5.75 Å². The standard InChI is InChI=1S/C11H20N2O3S/c1-8-7-9(10(14)15)3-5-13(8)11(16)12-4-6-17-2/h8-9H,3-7H2,1-2H3,(H,12,16)(H,14,15). The predicted octanol–water partition coefficient (Wildman–Crippen LogP) is 1.24. The molecule has 0 bridgehead atoms. The lowest BCUT2D eigenvalue weighted by molar-refractivity contribution is -0.143. The van der Waals surface area contributed by atoms with Crippen LogP contribution < -0.4 is 5.32 Å². The van der Waals surface area contributed by atoms with E-state index in [1.54, 1.807) is 16.7 Å². The fourth-order valence-corrected chi connectivity index (χ4v) is 2.37. The van der Waals surface area contributed by atoms with Gasteiger partial charge in [0.25, 0.3) is 0 Å². The van der Waals surface area contributed by atoms with Gasteiger partial charge in [0.2, 0.25) is 0 Å². The Labute approximate surface area is 106 Å². The fourth-order valence-electron chi connectivity index (χ4n) is 2.06. The molecule has 2 amide bonds. The Morgan fingerprint density at radius 1 is 1.53 bits per heavy atom. The highest BCUT2D eigenvalue weighted by Crippen LogP contribution is 2.22. The lowest BCUT2D eigenvalue weighted by Crippen LogP contribution is -2.50. The van der Waals surface area contributed by atoms with Crippen LogP contribution in [0.2, 0.25) is 0 Å². The van der Waals surface area contributed by atoms with Crippen LogP contribution in [0.25, 0.3) is 0 Å². The summed E-state index contributed by atoms with van der Waals surface area (Å²) >= 11 is 1.68. The zero-order valence-electron chi connectivity index (χ0n) is 10.3. The van der Waals surface area contributed by atoms with Gasteiger partial charge in [0.05, 0.1) is 5.92 Å². The van der Waals surface area contributed by atoms with Crippen molar-refractivity contribution in [1.82, 2.24) is 10.2 Å². The Morgan fingerprint density at radius 3 is 2.76 bits per heavy atom. The topological polar surface area (TPSA) is 69.6 Å². The van der Waals surface area contributed by atoms with E-state index >= 15 is 0 Å². The molecule has 0 aromatic rings. The van der Waals surface area contributed by atoms with Crippen molar-refractivity contribution in [2.75, 3.05) is 25.1 Å². The number of piperidine rings is 1. The Hall–Kier alpha value is -0.910. The number of nitrogens with zero attached hydrogens (tertiary/aromatic N) is 1. The number of aliphatic carboxylic acids is 1. The van der Waals surface area contributed by atoms with Gasteiger partial charge in [0.15, 0.2) is 0 Å². The van der Waals surface area contributed by atoms with Crippen molar-refractivity contribution < 1.29 is 14.7 Å². The molecule has 17 heavy (non-hydrogen) atoms. The van der Waals surface area contributed by atoms with Crippen molar-refractivity contribution in [3.63, 3.8) is 0 Å². The maximum atomic E-state index is 11.8. The predicted molar refractivity (Wildman–Crippen MR) is 68.3 cm³/mol. The number of nitrogens with one attached hydrogen (secondary N) is 1. The number of thioether (sulfide) groups is 1. The summed E-state index contributed by atoms with van der Waals surface area (Å²) in [6.45, 7) is 3.10. The number of hydrogen-bond donors (Lipinski definition) is 2. The molecule has 0 saturated carbocycles. The molecule has 0 radical (unpaired) electrons. The second kappa shape index (κ2) is 6.74. The van der Waals surface area contributed by atoms with E-state index in [2.05, 4.69) is 5.32 Å². The molecule has 1 rings (SSSR count). The van der Waals surface area contributed by atoms with E-state index in [4.69, 9.17) is 5.11 Å². The number of rotatable bonds is 4. The largest absolute Gasteiger partial charge is 0.481 e. The van der Waals surface area contributed by atoms with Gasteiger partial charge in [-0.25, -0.2) is 4.79 Å². The minimum absolute atomic E-state index is 0.000806.